The third kappa shape index (κ3) is 6.47. The van der Waals surface area contributed by atoms with Crippen molar-refractivity contribution < 1.29 is 28.5 Å². The monoisotopic (exact) mass is 507 g/mol. The summed E-state index contributed by atoms with van der Waals surface area (Å²) < 4.78 is 31.1. The summed E-state index contributed by atoms with van der Waals surface area (Å²) >= 11 is 0. The van der Waals surface area contributed by atoms with Crippen LogP contribution >= 0.6 is 8.03 Å². The molecule has 3 aromatic rings. The maximum absolute atomic E-state index is 13.7. The second-order valence-electron chi connectivity index (χ2n) is 8.79. The number of benzene rings is 2. The van der Waals surface area contributed by atoms with Gasteiger partial charge >= 0.3 is 5.97 Å². The molecule has 6 nitrogen and oxygen atoms in total. The predicted octanol–water partition coefficient (Wildman–Crippen LogP) is 5.42. The van der Waals surface area contributed by atoms with E-state index in [2.05, 4.69) is 11.8 Å². The van der Waals surface area contributed by atoms with E-state index < -0.39 is 26.5 Å². The first-order valence-corrected chi connectivity index (χ1v) is 13.3. The molecule has 1 aliphatic carbocycles. The lowest BCUT2D eigenvalue weighted by Crippen LogP contribution is -2.15. The fraction of sp³-hybridized carbons (Fsp3) is 0.286. The molecule has 1 fully saturated rings. The van der Waals surface area contributed by atoms with Crippen LogP contribution in [0.3, 0.4) is 0 Å². The minimum Gasteiger partial charge on any atom is -0.481 e. The van der Waals surface area contributed by atoms with Crippen LogP contribution in [0.25, 0.3) is 22.4 Å². The summed E-state index contributed by atoms with van der Waals surface area (Å²) in [5.74, 6) is 4.87. The van der Waals surface area contributed by atoms with Gasteiger partial charge in [-0.15, -0.1) is 0 Å². The van der Waals surface area contributed by atoms with E-state index in [9.17, 15) is 18.9 Å². The number of rotatable bonds is 9. The number of carbonyl (C=O) groups is 1. The van der Waals surface area contributed by atoms with Crippen molar-refractivity contribution in [1.29, 1.82) is 0 Å². The first-order valence-electron chi connectivity index (χ1n) is 11.7. The Balaban J connectivity index is 1.69. The van der Waals surface area contributed by atoms with E-state index in [1.54, 1.807) is 12.1 Å². The molecule has 0 radical (unpaired) electrons. The van der Waals surface area contributed by atoms with Crippen molar-refractivity contribution in [2.45, 2.75) is 38.2 Å². The molecule has 0 saturated heterocycles. The molecule has 4 rings (SSSR count). The molecule has 0 bridgehead atoms. The van der Waals surface area contributed by atoms with E-state index in [0.717, 1.165) is 52.0 Å². The van der Waals surface area contributed by atoms with Crippen LogP contribution in [0.5, 0.6) is 0 Å². The lowest BCUT2D eigenvalue weighted by Gasteiger charge is -2.18. The van der Waals surface area contributed by atoms with E-state index in [4.69, 9.17) is 14.6 Å². The molecule has 0 aliphatic heterocycles. The number of hydrogen-bond acceptors (Lipinski definition) is 5. The highest BCUT2D eigenvalue weighted by Gasteiger charge is 2.31. The average molecular weight is 507 g/mol. The first-order chi connectivity index (χ1) is 17.3. The number of nitrogens with zero attached hydrogens (tertiary/aromatic N) is 1. The Morgan fingerprint density at radius 2 is 1.86 bits per heavy atom. The molecule has 0 amide bonds. The number of hydrogen-bond donors (Lipinski definition) is 2. The molecule has 1 aliphatic rings. The van der Waals surface area contributed by atoms with E-state index in [1.807, 2.05) is 37.3 Å². The SMILES string of the molecule is Cc1c(-c2ccccc2)nc(C2CC2)c(C#CCO[PH](=O)CC(O)CC(=O)O)c1-c1ccc(F)cc1. The first kappa shape index (κ1) is 25.8. The summed E-state index contributed by atoms with van der Waals surface area (Å²) in [6, 6.07) is 16.2. The molecule has 2 atom stereocenters. The van der Waals surface area contributed by atoms with Crippen LogP contribution < -0.4 is 0 Å². The molecule has 1 aromatic heterocycles. The van der Waals surface area contributed by atoms with Crippen molar-refractivity contribution >= 4 is 14.0 Å². The topological polar surface area (TPSA) is 96.7 Å². The Labute approximate surface area is 210 Å². The van der Waals surface area contributed by atoms with Gasteiger partial charge in [0.25, 0.3) is 0 Å². The molecule has 2 unspecified atom stereocenters. The Morgan fingerprint density at radius 1 is 1.17 bits per heavy atom. The van der Waals surface area contributed by atoms with Gasteiger partial charge in [0.15, 0.2) is 8.03 Å². The van der Waals surface area contributed by atoms with Gasteiger partial charge < -0.3 is 14.7 Å². The molecule has 2 N–H and O–H groups in total. The maximum atomic E-state index is 13.7. The average Bonchev–Trinajstić information content (AvgIpc) is 3.68. The highest BCUT2D eigenvalue weighted by atomic mass is 31.1. The molecule has 186 valence electrons. The summed E-state index contributed by atoms with van der Waals surface area (Å²) in [5, 5.41) is 18.4. The van der Waals surface area contributed by atoms with E-state index in [1.165, 1.54) is 12.1 Å². The maximum Gasteiger partial charge on any atom is 0.305 e. The Bertz CT molecular complexity index is 1330. The summed E-state index contributed by atoms with van der Waals surface area (Å²) in [4.78, 5) is 15.7. The normalized spacial score (nSPS) is 14.5. The second-order valence-corrected chi connectivity index (χ2v) is 10.2. The standard InChI is InChI=1S/C28H27FNO5P/c1-18-26(19-11-13-22(29)14-12-19)24(8-5-15-35-36(34)17-23(31)16-25(32)33)28(21-9-10-21)30-27(18)20-6-3-2-4-7-20/h2-4,6-7,11-14,21,23,31,36H,9-10,15-17H2,1H3,(H,32,33). The number of halogens is 1. The van der Waals surface area contributed by atoms with Gasteiger partial charge in [-0.3, -0.25) is 14.3 Å². The van der Waals surface area contributed by atoms with E-state index in [0.29, 0.717) is 0 Å². The second kappa shape index (κ2) is 11.6. The van der Waals surface area contributed by atoms with Gasteiger partial charge in [0, 0.05) is 23.2 Å². The summed E-state index contributed by atoms with van der Waals surface area (Å²) in [6.45, 7) is 1.85. The smallest absolute Gasteiger partial charge is 0.305 e. The van der Waals surface area contributed by atoms with E-state index in [-0.39, 0.29) is 24.5 Å². The largest absolute Gasteiger partial charge is 0.481 e. The minimum absolute atomic E-state index is 0.135. The van der Waals surface area contributed by atoms with Gasteiger partial charge in [-0.2, -0.15) is 0 Å². The molecule has 2 aromatic carbocycles. The molecular formula is C28H27FNO5P. The van der Waals surface area contributed by atoms with Crippen LogP contribution in [0.15, 0.2) is 54.6 Å². The molecule has 1 heterocycles. The van der Waals surface area contributed by atoms with Crippen molar-refractivity contribution in [3.63, 3.8) is 0 Å². The van der Waals surface area contributed by atoms with Crippen molar-refractivity contribution in [2.24, 2.45) is 0 Å². The summed E-state index contributed by atoms with van der Waals surface area (Å²) in [5.41, 5.74) is 6.10. The van der Waals surface area contributed by atoms with Crippen LogP contribution in [0.2, 0.25) is 0 Å². The number of pyridine rings is 1. The number of carboxylic acid groups (broad SMARTS) is 1. The van der Waals surface area contributed by atoms with Gasteiger partial charge in [0.05, 0.1) is 29.5 Å². The Kier molecular flexibility index (Phi) is 8.32. The van der Waals surface area contributed by atoms with Gasteiger partial charge in [0.2, 0.25) is 0 Å². The zero-order valence-electron chi connectivity index (χ0n) is 19.8. The molecule has 1 saturated carbocycles. The predicted molar refractivity (Wildman–Crippen MR) is 137 cm³/mol. The number of carboxylic acids is 1. The third-order valence-electron chi connectivity index (χ3n) is 5.94. The van der Waals surface area contributed by atoms with Gasteiger partial charge in [-0.1, -0.05) is 54.3 Å². The Morgan fingerprint density at radius 3 is 2.50 bits per heavy atom. The van der Waals surface area contributed by atoms with E-state index >= 15 is 0 Å². The summed E-state index contributed by atoms with van der Waals surface area (Å²) in [7, 11) is -2.64. The van der Waals surface area contributed by atoms with Gasteiger partial charge in [-0.05, 0) is 43.0 Å². The highest BCUT2D eigenvalue weighted by Crippen LogP contribution is 2.45. The van der Waals surface area contributed by atoms with Crippen molar-refractivity contribution in [3.05, 3.63) is 77.2 Å². The van der Waals surface area contributed by atoms with Crippen molar-refractivity contribution in [1.82, 2.24) is 4.98 Å². The fourth-order valence-corrected chi connectivity index (χ4v) is 4.97. The van der Waals surface area contributed by atoms with Crippen molar-refractivity contribution in [2.75, 3.05) is 12.8 Å². The molecule has 36 heavy (non-hydrogen) atoms. The third-order valence-corrected chi connectivity index (χ3v) is 7.21. The summed E-state index contributed by atoms with van der Waals surface area (Å²) in [6.07, 6.45) is 0.0571. The molecule has 0 spiro atoms. The zero-order valence-corrected chi connectivity index (χ0v) is 20.8. The van der Waals surface area contributed by atoms with Crippen LogP contribution in [0, 0.1) is 24.6 Å². The minimum atomic E-state index is -2.64. The number of aromatic nitrogens is 1. The number of aliphatic hydroxyl groups excluding tert-OH is 1. The molecule has 8 heteroatoms. The fourth-order valence-electron chi connectivity index (χ4n) is 4.09. The van der Waals surface area contributed by atoms with Gasteiger partial charge in [-0.25, -0.2) is 4.39 Å². The van der Waals surface area contributed by atoms with Crippen LogP contribution in [0.4, 0.5) is 4.39 Å². The Hall–Kier alpha value is -3.30. The van der Waals surface area contributed by atoms with Crippen LogP contribution in [-0.2, 0) is 13.9 Å². The van der Waals surface area contributed by atoms with Crippen LogP contribution in [0.1, 0.15) is 42.0 Å². The lowest BCUT2D eigenvalue weighted by molar-refractivity contribution is -0.138. The van der Waals surface area contributed by atoms with Gasteiger partial charge in [0.1, 0.15) is 12.4 Å². The molecular weight excluding hydrogens is 480 g/mol. The number of aliphatic hydroxyl groups is 1. The lowest BCUT2D eigenvalue weighted by atomic mass is 9.90. The number of aliphatic carboxylic acids is 1. The highest BCUT2D eigenvalue weighted by molar-refractivity contribution is 7.39. The van der Waals surface area contributed by atoms with Crippen molar-refractivity contribution in [3.8, 4) is 34.2 Å². The zero-order chi connectivity index (χ0) is 25.7. The van der Waals surface area contributed by atoms with Crippen LogP contribution in [-0.4, -0.2) is 40.0 Å². The quantitative estimate of drug-likeness (QED) is 0.297.